The second-order valence-electron chi connectivity index (χ2n) is 2.51. The van der Waals surface area contributed by atoms with Gasteiger partial charge in [0.2, 0.25) is 0 Å². The van der Waals surface area contributed by atoms with Crippen LogP contribution in [0.5, 0.6) is 0 Å². The zero-order valence-electron chi connectivity index (χ0n) is 6.40. The Morgan fingerprint density at radius 1 is 1.45 bits per heavy atom. The van der Waals surface area contributed by atoms with Gasteiger partial charge in [-0.05, 0) is 36.6 Å². The third kappa shape index (κ3) is 2.49. The molecule has 0 fully saturated rings. The van der Waals surface area contributed by atoms with Crippen molar-refractivity contribution in [1.29, 1.82) is 0 Å². The molecule has 0 aliphatic heterocycles. The van der Waals surface area contributed by atoms with Crippen LogP contribution >= 0.6 is 27.5 Å². The van der Waals surface area contributed by atoms with Gasteiger partial charge in [0.1, 0.15) is 0 Å². The van der Waals surface area contributed by atoms with Gasteiger partial charge in [0.05, 0.1) is 0 Å². The summed E-state index contributed by atoms with van der Waals surface area (Å²) in [4.78, 5) is 0. The summed E-state index contributed by atoms with van der Waals surface area (Å²) in [7, 11) is 0. The minimum absolute atomic E-state index is 0.820. The first-order valence-electron chi connectivity index (χ1n) is 3.55. The minimum Gasteiger partial charge on any atom is -0.0924 e. The average Bonchev–Trinajstić information content (AvgIpc) is 1.95. The standard InChI is InChI=1S/C9H10BrCl/c1-7-6-9(11)3-2-8(7)4-5-10/h2-3,6H,4-5H2,1H3. The van der Waals surface area contributed by atoms with E-state index in [-0.39, 0.29) is 0 Å². The lowest BCUT2D eigenvalue weighted by molar-refractivity contribution is 1.13. The van der Waals surface area contributed by atoms with Gasteiger partial charge in [-0.15, -0.1) is 0 Å². The van der Waals surface area contributed by atoms with Crippen molar-refractivity contribution < 1.29 is 0 Å². The fourth-order valence-electron chi connectivity index (χ4n) is 1.04. The van der Waals surface area contributed by atoms with Crippen LogP contribution in [0.2, 0.25) is 5.02 Å². The fourth-order valence-corrected chi connectivity index (χ4v) is 1.70. The summed E-state index contributed by atoms with van der Waals surface area (Å²) in [5.41, 5.74) is 2.64. The maximum atomic E-state index is 5.81. The number of alkyl halides is 1. The maximum absolute atomic E-state index is 5.81. The Morgan fingerprint density at radius 3 is 2.73 bits per heavy atom. The molecular formula is C9H10BrCl. The molecule has 2 heteroatoms. The van der Waals surface area contributed by atoms with E-state index < -0.39 is 0 Å². The van der Waals surface area contributed by atoms with Crippen LogP contribution in [0.25, 0.3) is 0 Å². The molecule has 0 amide bonds. The smallest absolute Gasteiger partial charge is 0.0408 e. The Labute approximate surface area is 80.7 Å². The van der Waals surface area contributed by atoms with Gasteiger partial charge >= 0.3 is 0 Å². The van der Waals surface area contributed by atoms with Crippen molar-refractivity contribution in [2.75, 3.05) is 5.33 Å². The van der Waals surface area contributed by atoms with E-state index in [2.05, 4.69) is 28.9 Å². The van der Waals surface area contributed by atoms with Crippen LogP contribution in [0, 0.1) is 6.92 Å². The van der Waals surface area contributed by atoms with Crippen molar-refractivity contribution in [1.82, 2.24) is 0 Å². The van der Waals surface area contributed by atoms with Gasteiger partial charge < -0.3 is 0 Å². The number of benzene rings is 1. The van der Waals surface area contributed by atoms with E-state index in [0.29, 0.717) is 0 Å². The molecule has 0 saturated carbocycles. The van der Waals surface area contributed by atoms with Gasteiger partial charge in [0.15, 0.2) is 0 Å². The van der Waals surface area contributed by atoms with Crippen molar-refractivity contribution in [3.8, 4) is 0 Å². The quantitative estimate of drug-likeness (QED) is 0.685. The second-order valence-corrected chi connectivity index (χ2v) is 3.74. The Hall–Kier alpha value is -0.0100. The highest BCUT2D eigenvalue weighted by molar-refractivity contribution is 9.09. The lowest BCUT2D eigenvalue weighted by atomic mass is 10.1. The molecule has 0 aromatic heterocycles. The minimum atomic E-state index is 0.820. The normalized spacial score (nSPS) is 10.1. The molecule has 0 saturated heterocycles. The highest BCUT2D eigenvalue weighted by atomic mass is 79.9. The number of hydrogen-bond acceptors (Lipinski definition) is 0. The molecule has 0 aliphatic rings. The first-order chi connectivity index (χ1) is 5.24. The van der Waals surface area contributed by atoms with Gasteiger partial charge in [-0.2, -0.15) is 0 Å². The first kappa shape index (κ1) is 9.08. The summed E-state index contributed by atoms with van der Waals surface area (Å²) < 4.78 is 0. The Bertz CT molecular complexity index is 245. The SMILES string of the molecule is Cc1cc(Cl)ccc1CCBr. The van der Waals surface area contributed by atoms with E-state index in [1.165, 1.54) is 11.1 Å². The highest BCUT2D eigenvalue weighted by Gasteiger charge is 1.96. The van der Waals surface area contributed by atoms with Crippen LogP contribution < -0.4 is 0 Å². The highest BCUT2D eigenvalue weighted by Crippen LogP contribution is 2.15. The van der Waals surface area contributed by atoms with Crippen molar-refractivity contribution in [3.63, 3.8) is 0 Å². The summed E-state index contributed by atoms with van der Waals surface area (Å²) in [6.07, 6.45) is 1.07. The van der Waals surface area contributed by atoms with E-state index >= 15 is 0 Å². The van der Waals surface area contributed by atoms with Gasteiger partial charge in [-0.1, -0.05) is 33.6 Å². The van der Waals surface area contributed by atoms with E-state index in [9.17, 15) is 0 Å². The lowest BCUT2D eigenvalue weighted by Gasteiger charge is -2.02. The number of rotatable bonds is 2. The Kier molecular flexibility index (Phi) is 3.41. The zero-order chi connectivity index (χ0) is 8.27. The summed E-state index contributed by atoms with van der Waals surface area (Å²) in [5, 5.41) is 1.83. The van der Waals surface area contributed by atoms with Crippen LogP contribution in [0.1, 0.15) is 11.1 Å². The van der Waals surface area contributed by atoms with Crippen molar-refractivity contribution in [3.05, 3.63) is 34.3 Å². The first-order valence-corrected chi connectivity index (χ1v) is 5.05. The van der Waals surface area contributed by atoms with Crippen LogP contribution in [-0.2, 0) is 6.42 Å². The summed E-state index contributed by atoms with van der Waals surface area (Å²) in [6.45, 7) is 2.09. The molecule has 0 atom stereocenters. The summed E-state index contributed by atoms with van der Waals surface area (Å²) >= 11 is 9.21. The number of halogens is 2. The Balaban J connectivity index is 2.90. The molecule has 0 bridgehead atoms. The third-order valence-corrected chi connectivity index (χ3v) is 2.30. The molecule has 0 nitrogen and oxygen atoms in total. The molecule has 0 radical (unpaired) electrons. The molecule has 0 N–H and O–H groups in total. The predicted octanol–water partition coefficient (Wildman–Crippen LogP) is 3.59. The molecular weight excluding hydrogens is 223 g/mol. The monoisotopic (exact) mass is 232 g/mol. The molecule has 1 rings (SSSR count). The van der Waals surface area contributed by atoms with Gasteiger partial charge in [0, 0.05) is 10.4 Å². The third-order valence-electron chi connectivity index (χ3n) is 1.67. The molecule has 0 aliphatic carbocycles. The summed E-state index contributed by atoms with van der Waals surface area (Å²) in [5.74, 6) is 0. The second kappa shape index (κ2) is 4.13. The van der Waals surface area contributed by atoms with Gasteiger partial charge in [-0.3, -0.25) is 0 Å². The fraction of sp³-hybridized carbons (Fsp3) is 0.333. The number of aryl methyl sites for hydroxylation is 2. The van der Waals surface area contributed by atoms with Crippen LogP contribution in [-0.4, -0.2) is 5.33 Å². The van der Waals surface area contributed by atoms with E-state index in [4.69, 9.17) is 11.6 Å². The molecule has 0 spiro atoms. The number of hydrogen-bond donors (Lipinski definition) is 0. The van der Waals surface area contributed by atoms with Crippen molar-refractivity contribution >= 4 is 27.5 Å². The molecule has 0 heterocycles. The predicted molar refractivity (Wildman–Crippen MR) is 53.7 cm³/mol. The maximum Gasteiger partial charge on any atom is 0.0408 e. The van der Waals surface area contributed by atoms with Crippen LogP contribution in [0.3, 0.4) is 0 Å². The van der Waals surface area contributed by atoms with Crippen LogP contribution in [0.15, 0.2) is 18.2 Å². The molecule has 60 valence electrons. The average molecular weight is 234 g/mol. The summed E-state index contributed by atoms with van der Waals surface area (Å²) in [6, 6.07) is 6.02. The van der Waals surface area contributed by atoms with E-state index in [1.54, 1.807) is 0 Å². The van der Waals surface area contributed by atoms with Crippen molar-refractivity contribution in [2.45, 2.75) is 13.3 Å². The van der Waals surface area contributed by atoms with E-state index in [0.717, 1.165) is 16.8 Å². The van der Waals surface area contributed by atoms with E-state index in [1.807, 2.05) is 12.1 Å². The largest absolute Gasteiger partial charge is 0.0924 e. The van der Waals surface area contributed by atoms with Crippen LogP contribution in [0.4, 0.5) is 0 Å². The molecule has 1 aromatic rings. The van der Waals surface area contributed by atoms with Crippen molar-refractivity contribution in [2.24, 2.45) is 0 Å². The topological polar surface area (TPSA) is 0 Å². The van der Waals surface area contributed by atoms with Gasteiger partial charge in [-0.25, -0.2) is 0 Å². The molecule has 0 unspecified atom stereocenters. The Morgan fingerprint density at radius 2 is 2.18 bits per heavy atom. The zero-order valence-corrected chi connectivity index (χ0v) is 8.74. The lowest BCUT2D eigenvalue weighted by Crippen LogP contribution is -1.89. The molecule has 1 aromatic carbocycles. The molecule has 11 heavy (non-hydrogen) atoms. The van der Waals surface area contributed by atoms with Gasteiger partial charge in [0.25, 0.3) is 0 Å².